The SMILES string of the molecule is COc1ccc(Cl)cc1N1CCN([C@@H](C)C(=O)NCc2ccccc2F)CC1. The molecule has 0 unspecified atom stereocenters. The van der Waals surface area contributed by atoms with Gasteiger partial charge >= 0.3 is 0 Å². The van der Waals surface area contributed by atoms with E-state index in [4.69, 9.17) is 16.3 Å². The molecule has 1 atom stereocenters. The van der Waals surface area contributed by atoms with Crippen LogP contribution < -0.4 is 15.0 Å². The molecule has 1 N–H and O–H groups in total. The number of nitrogens with zero attached hydrogens (tertiary/aromatic N) is 2. The fourth-order valence-electron chi connectivity index (χ4n) is 3.40. The number of hydrogen-bond acceptors (Lipinski definition) is 4. The molecule has 2 aromatic carbocycles. The molecule has 5 nitrogen and oxygen atoms in total. The maximum absolute atomic E-state index is 13.7. The molecule has 28 heavy (non-hydrogen) atoms. The summed E-state index contributed by atoms with van der Waals surface area (Å²) < 4.78 is 19.1. The van der Waals surface area contributed by atoms with E-state index >= 15 is 0 Å². The highest BCUT2D eigenvalue weighted by Gasteiger charge is 2.26. The minimum atomic E-state index is -0.306. The second-order valence-corrected chi connectivity index (χ2v) is 7.26. The molecule has 0 radical (unpaired) electrons. The highest BCUT2D eigenvalue weighted by molar-refractivity contribution is 6.30. The Kier molecular flexibility index (Phi) is 6.75. The van der Waals surface area contributed by atoms with Crippen molar-refractivity contribution < 1.29 is 13.9 Å². The van der Waals surface area contributed by atoms with Crippen LogP contribution in [0.5, 0.6) is 5.75 Å². The smallest absolute Gasteiger partial charge is 0.237 e. The highest BCUT2D eigenvalue weighted by atomic mass is 35.5. The van der Waals surface area contributed by atoms with E-state index < -0.39 is 0 Å². The summed E-state index contributed by atoms with van der Waals surface area (Å²) in [6.45, 7) is 5.08. The molecule has 1 fully saturated rings. The normalized spacial score (nSPS) is 15.9. The van der Waals surface area contributed by atoms with Crippen LogP contribution >= 0.6 is 11.6 Å². The van der Waals surface area contributed by atoms with Crippen molar-refractivity contribution in [3.63, 3.8) is 0 Å². The van der Waals surface area contributed by atoms with Gasteiger partial charge in [0.1, 0.15) is 11.6 Å². The maximum Gasteiger partial charge on any atom is 0.237 e. The van der Waals surface area contributed by atoms with Crippen molar-refractivity contribution in [3.8, 4) is 5.75 Å². The summed E-state index contributed by atoms with van der Waals surface area (Å²) in [7, 11) is 1.64. The standard InChI is InChI=1S/C21H25ClFN3O2/c1-15(21(27)24-14-16-5-3-4-6-18(16)23)25-9-11-26(12-10-25)19-13-17(22)7-8-20(19)28-2/h3-8,13,15H,9-12,14H2,1-2H3,(H,24,27)/t15-/m0/s1. The summed E-state index contributed by atoms with van der Waals surface area (Å²) in [4.78, 5) is 16.8. The molecule has 1 aliphatic heterocycles. The lowest BCUT2D eigenvalue weighted by molar-refractivity contribution is -0.126. The monoisotopic (exact) mass is 405 g/mol. The van der Waals surface area contributed by atoms with Gasteiger partial charge in [-0.2, -0.15) is 0 Å². The summed E-state index contributed by atoms with van der Waals surface area (Å²) in [5.41, 5.74) is 1.45. The minimum Gasteiger partial charge on any atom is -0.495 e. The number of rotatable bonds is 6. The van der Waals surface area contributed by atoms with E-state index in [2.05, 4.69) is 15.1 Å². The predicted molar refractivity (Wildman–Crippen MR) is 109 cm³/mol. The van der Waals surface area contributed by atoms with Crippen LogP contribution in [0.1, 0.15) is 12.5 Å². The first-order valence-corrected chi connectivity index (χ1v) is 9.71. The van der Waals surface area contributed by atoms with Crippen LogP contribution in [0.15, 0.2) is 42.5 Å². The van der Waals surface area contributed by atoms with Crippen molar-refractivity contribution in [1.82, 2.24) is 10.2 Å². The molecule has 150 valence electrons. The van der Waals surface area contributed by atoms with Crippen LogP contribution in [0.3, 0.4) is 0 Å². The van der Waals surface area contributed by atoms with Gasteiger partial charge < -0.3 is 15.0 Å². The Morgan fingerprint density at radius 1 is 1.21 bits per heavy atom. The number of anilines is 1. The highest BCUT2D eigenvalue weighted by Crippen LogP contribution is 2.32. The lowest BCUT2D eigenvalue weighted by Crippen LogP contribution is -2.54. The number of methoxy groups -OCH3 is 1. The Balaban J connectivity index is 1.55. The zero-order valence-electron chi connectivity index (χ0n) is 16.1. The van der Waals surface area contributed by atoms with E-state index in [1.807, 2.05) is 25.1 Å². The van der Waals surface area contributed by atoms with E-state index in [1.165, 1.54) is 6.07 Å². The van der Waals surface area contributed by atoms with Crippen LogP contribution in [0, 0.1) is 5.82 Å². The Bertz CT molecular complexity index is 825. The zero-order valence-corrected chi connectivity index (χ0v) is 16.9. The Morgan fingerprint density at radius 3 is 2.61 bits per heavy atom. The second kappa shape index (κ2) is 9.26. The molecular formula is C21H25ClFN3O2. The first kappa shape index (κ1) is 20.4. The molecule has 0 spiro atoms. The van der Waals surface area contributed by atoms with Crippen molar-refractivity contribution >= 4 is 23.2 Å². The fourth-order valence-corrected chi connectivity index (χ4v) is 3.56. The number of ether oxygens (including phenoxy) is 1. The molecular weight excluding hydrogens is 381 g/mol. The lowest BCUT2D eigenvalue weighted by Gasteiger charge is -2.39. The van der Waals surface area contributed by atoms with Crippen LogP contribution in [0.25, 0.3) is 0 Å². The molecule has 1 aliphatic rings. The van der Waals surface area contributed by atoms with Crippen molar-refractivity contribution in [2.75, 3.05) is 38.2 Å². The molecule has 1 amide bonds. The van der Waals surface area contributed by atoms with Gasteiger partial charge in [0.25, 0.3) is 0 Å². The topological polar surface area (TPSA) is 44.8 Å². The molecule has 0 saturated carbocycles. The first-order chi connectivity index (χ1) is 13.5. The van der Waals surface area contributed by atoms with Gasteiger partial charge in [0.2, 0.25) is 5.91 Å². The predicted octanol–water partition coefficient (Wildman–Crippen LogP) is 3.31. The molecule has 0 bridgehead atoms. The molecule has 0 aromatic heterocycles. The number of benzene rings is 2. The van der Waals surface area contributed by atoms with Crippen LogP contribution in [-0.4, -0.2) is 50.1 Å². The van der Waals surface area contributed by atoms with Crippen molar-refractivity contribution in [3.05, 3.63) is 58.9 Å². The van der Waals surface area contributed by atoms with Gasteiger partial charge in [-0.3, -0.25) is 9.69 Å². The van der Waals surface area contributed by atoms with Gasteiger partial charge in [0.05, 0.1) is 18.8 Å². The minimum absolute atomic E-state index is 0.1000. The number of hydrogen-bond donors (Lipinski definition) is 1. The number of piperazine rings is 1. The third kappa shape index (κ3) is 4.75. The molecule has 7 heteroatoms. The van der Waals surface area contributed by atoms with E-state index in [9.17, 15) is 9.18 Å². The molecule has 3 rings (SSSR count). The summed E-state index contributed by atoms with van der Waals surface area (Å²) in [6, 6.07) is 11.8. The van der Waals surface area contributed by atoms with Crippen molar-refractivity contribution in [2.45, 2.75) is 19.5 Å². The molecule has 1 saturated heterocycles. The number of nitrogens with one attached hydrogen (secondary N) is 1. The summed E-state index contributed by atoms with van der Waals surface area (Å²) in [5, 5.41) is 3.50. The average Bonchev–Trinajstić information content (AvgIpc) is 2.72. The number of amides is 1. The van der Waals surface area contributed by atoms with Crippen molar-refractivity contribution in [2.24, 2.45) is 0 Å². The third-order valence-corrected chi connectivity index (χ3v) is 5.37. The number of carbonyl (C=O) groups excluding carboxylic acids is 1. The Morgan fingerprint density at radius 2 is 1.93 bits per heavy atom. The molecule has 0 aliphatic carbocycles. The van der Waals surface area contributed by atoms with E-state index in [0.29, 0.717) is 10.6 Å². The summed E-state index contributed by atoms with van der Waals surface area (Å²) in [6.07, 6.45) is 0. The van der Waals surface area contributed by atoms with E-state index in [1.54, 1.807) is 25.3 Å². The van der Waals surface area contributed by atoms with Gasteiger partial charge in [0, 0.05) is 43.3 Å². The molecule has 1 heterocycles. The zero-order chi connectivity index (χ0) is 20.1. The van der Waals surface area contributed by atoms with Gasteiger partial charge in [-0.05, 0) is 31.2 Å². The summed E-state index contributed by atoms with van der Waals surface area (Å²) in [5.74, 6) is 0.380. The molecule has 2 aromatic rings. The maximum atomic E-state index is 13.7. The second-order valence-electron chi connectivity index (χ2n) is 6.82. The van der Waals surface area contributed by atoms with Crippen molar-refractivity contribution in [1.29, 1.82) is 0 Å². The van der Waals surface area contributed by atoms with Gasteiger partial charge in [-0.15, -0.1) is 0 Å². The van der Waals surface area contributed by atoms with E-state index in [-0.39, 0.29) is 24.3 Å². The van der Waals surface area contributed by atoms with Gasteiger partial charge in [-0.25, -0.2) is 4.39 Å². The van der Waals surface area contributed by atoms with Gasteiger partial charge in [-0.1, -0.05) is 29.8 Å². The Hall–Kier alpha value is -2.31. The van der Waals surface area contributed by atoms with Crippen LogP contribution in [-0.2, 0) is 11.3 Å². The lowest BCUT2D eigenvalue weighted by atomic mass is 10.1. The largest absolute Gasteiger partial charge is 0.495 e. The first-order valence-electron chi connectivity index (χ1n) is 9.33. The Labute approximate surface area is 170 Å². The number of halogens is 2. The quantitative estimate of drug-likeness (QED) is 0.800. The third-order valence-electron chi connectivity index (χ3n) is 5.13. The van der Waals surface area contributed by atoms with Gasteiger partial charge in [0.15, 0.2) is 0 Å². The summed E-state index contributed by atoms with van der Waals surface area (Å²) >= 11 is 6.14. The van der Waals surface area contributed by atoms with Crippen LogP contribution in [0.4, 0.5) is 10.1 Å². The average molecular weight is 406 g/mol. The number of carbonyl (C=O) groups is 1. The fraction of sp³-hybridized carbons (Fsp3) is 0.381. The van der Waals surface area contributed by atoms with E-state index in [0.717, 1.165) is 37.6 Å². The van der Waals surface area contributed by atoms with Crippen LogP contribution in [0.2, 0.25) is 5.02 Å².